The van der Waals surface area contributed by atoms with Crippen molar-refractivity contribution in [1.29, 1.82) is 0 Å². The molecule has 1 aliphatic rings. The summed E-state index contributed by atoms with van der Waals surface area (Å²) in [5, 5.41) is 7.06. The summed E-state index contributed by atoms with van der Waals surface area (Å²) in [5.74, 6) is 0.759. The first kappa shape index (κ1) is 13.3. The van der Waals surface area contributed by atoms with Crippen LogP contribution in [0.1, 0.15) is 23.8 Å². The summed E-state index contributed by atoms with van der Waals surface area (Å²) in [5.41, 5.74) is 2.17. The lowest BCUT2D eigenvalue weighted by atomic mass is 10.1. The Bertz CT molecular complexity index is 766. The molecule has 1 N–H and O–H groups in total. The summed E-state index contributed by atoms with van der Waals surface area (Å²) in [7, 11) is 0. The molecule has 0 amide bonds. The van der Waals surface area contributed by atoms with Gasteiger partial charge in [-0.25, -0.2) is 0 Å². The van der Waals surface area contributed by atoms with E-state index >= 15 is 0 Å². The van der Waals surface area contributed by atoms with Gasteiger partial charge in [-0.1, -0.05) is 18.2 Å². The van der Waals surface area contributed by atoms with E-state index in [9.17, 15) is 0 Å². The zero-order valence-electron chi connectivity index (χ0n) is 11.4. The van der Waals surface area contributed by atoms with Crippen LogP contribution < -0.4 is 5.32 Å². The summed E-state index contributed by atoms with van der Waals surface area (Å²) in [4.78, 5) is 6.01. The van der Waals surface area contributed by atoms with E-state index in [0.29, 0.717) is 6.04 Å². The first-order chi connectivity index (χ1) is 10.3. The molecular weight excluding hydrogens is 344 g/mol. The van der Waals surface area contributed by atoms with Crippen molar-refractivity contribution in [2.45, 2.75) is 18.9 Å². The number of hydrogen-bond donors (Lipinski definition) is 1. The van der Waals surface area contributed by atoms with Crippen LogP contribution in [0.4, 0.5) is 5.69 Å². The highest BCUT2D eigenvalue weighted by Crippen LogP contribution is 2.44. The molecule has 2 nitrogen and oxygen atoms in total. The monoisotopic (exact) mass is 358 g/mol. The molecule has 4 rings (SSSR count). The van der Waals surface area contributed by atoms with Crippen LogP contribution in [0.15, 0.2) is 52.4 Å². The van der Waals surface area contributed by atoms with Crippen LogP contribution in [0.25, 0.3) is 10.9 Å². The van der Waals surface area contributed by atoms with E-state index in [2.05, 4.69) is 68.0 Å². The van der Waals surface area contributed by atoms with Crippen molar-refractivity contribution in [3.05, 3.63) is 57.3 Å². The molecule has 2 aromatic heterocycles. The Labute approximate surface area is 136 Å². The van der Waals surface area contributed by atoms with E-state index in [1.165, 1.54) is 17.7 Å². The van der Waals surface area contributed by atoms with Gasteiger partial charge in [-0.3, -0.25) is 4.98 Å². The van der Waals surface area contributed by atoms with Crippen LogP contribution in [0.2, 0.25) is 0 Å². The van der Waals surface area contributed by atoms with Gasteiger partial charge in [-0.2, -0.15) is 0 Å². The van der Waals surface area contributed by atoms with Crippen molar-refractivity contribution in [2.75, 3.05) is 5.32 Å². The maximum Gasteiger partial charge on any atom is 0.0934 e. The minimum atomic E-state index is 0.418. The number of fused-ring (bicyclic) bond motifs is 1. The second-order valence-corrected chi connectivity index (χ2v) is 7.40. The molecule has 0 bridgehead atoms. The predicted molar refractivity (Wildman–Crippen MR) is 92.8 cm³/mol. The van der Waals surface area contributed by atoms with Crippen LogP contribution in [0, 0.1) is 5.92 Å². The fourth-order valence-electron chi connectivity index (χ4n) is 2.74. The standard InChI is InChI=1S/C17H15BrN2S/c18-13-9-12-3-1-4-14(16(12)19-10-13)20-17(11-6-7-11)15-5-2-8-21-15/h1-5,8-11,17,20H,6-7H2. The van der Waals surface area contributed by atoms with Crippen molar-refractivity contribution in [2.24, 2.45) is 5.92 Å². The first-order valence-corrected chi connectivity index (χ1v) is 8.83. The van der Waals surface area contributed by atoms with E-state index in [1.807, 2.05) is 17.5 Å². The first-order valence-electron chi connectivity index (χ1n) is 7.15. The number of benzene rings is 1. The van der Waals surface area contributed by atoms with E-state index < -0.39 is 0 Å². The second kappa shape index (κ2) is 5.43. The molecule has 3 aromatic rings. The quantitative estimate of drug-likeness (QED) is 0.654. The molecule has 4 heteroatoms. The van der Waals surface area contributed by atoms with Gasteiger partial charge < -0.3 is 5.32 Å². The van der Waals surface area contributed by atoms with Crippen LogP contribution in [-0.4, -0.2) is 4.98 Å². The van der Waals surface area contributed by atoms with E-state index in [4.69, 9.17) is 0 Å². The maximum atomic E-state index is 4.59. The Hall–Kier alpha value is -1.39. The number of anilines is 1. The molecular formula is C17H15BrN2S. The van der Waals surface area contributed by atoms with Crippen molar-refractivity contribution < 1.29 is 0 Å². The summed E-state index contributed by atoms with van der Waals surface area (Å²) >= 11 is 5.33. The number of halogens is 1. The number of rotatable bonds is 4. The molecule has 2 heterocycles. The lowest BCUT2D eigenvalue weighted by Gasteiger charge is -2.19. The average molecular weight is 359 g/mol. The molecule has 1 aromatic carbocycles. The van der Waals surface area contributed by atoms with Crippen molar-refractivity contribution in [3.8, 4) is 0 Å². The topological polar surface area (TPSA) is 24.9 Å². The van der Waals surface area contributed by atoms with Gasteiger partial charge in [0.2, 0.25) is 0 Å². The number of nitrogens with one attached hydrogen (secondary N) is 1. The third-order valence-corrected chi connectivity index (χ3v) is 5.32. The lowest BCUT2D eigenvalue weighted by molar-refractivity contribution is 0.692. The van der Waals surface area contributed by atoms with Gasteiger partial charge in [0.1, 0.15) is 0 Å². The SMILES string of the molecule is Brc1cnc2c(NC(c3cccs3)C3CC3)cccc2c1. The number of hydrogen-bond acceptors (Lipinski definition) is 3. The van der Waals surface area contributed by atoms with Crippen molar-refractivity contribution in [3.63, 3.8) is 0 Å². The lowest BCUT2D eigenvalue weighted by Crippen LogP contribution is -2.12. The summed E-state index contributed by atoms with van der Waals surface area (Å²) in [6.45, 7) is 0. The molecule has 106 valence electrons. The number of pyridine rings is 1. The Morgan fingerprint density at radius 1 is 1.24 bits per heavy atom. The average Bonchev–Trinajstić information content (AvgIpc) is 3.18. The van der Waals surface area contributed by atoms with Crippen LogP contribution in [-0.2, 0) is 0 Å². The highest BCUT2D eigenvalue weighted by molar-refractivity contribution is 9.10. The summed E-state index contributed by atoms with van der Waals surface area (Å²) in [6.07, 6.45) is 4.50. The molecule has 0 saturated heterocycles. The molecule has 1 unspecified atom stereocenters. The number of thiophene rings is 1. The third-order valence-electron chi connectivity index (χ3n) is 3.93. The van der Waals surface area contributed by atoms with Gasteiger partial charge >= 0.3 is 0 Å². The molecule has 0 spiro atoms. The highest BCUT2D eigenvalue weighted by atomic mass is 79.9. The van der Waals surface area contributed by atoms with Gasteiger partial charge in [0.25, 0.3) is 0 Å². The molecule has 0 radical (unpaired) electrons. The van der Waals surface area contributed by atoms with Gasteiger partial charge in [0.15, 0.2) is 0 Å². The van der Waals surface area contributed by atoms with Crippen molar-refractivity contribution in [1.82, 2.24) is 4.98 Å². The fourth-order valence-corrected chi connectivity index (χ4v) is 3.96. The minimum absolute atomic E-state index is 0.418. The molecule has 1 fully saturated rings. The van der Waals surface area contributed by atoms with E-state index in [1.54, 1.807) is 0 Å². The number of aromatic nitrogens is 1. The predicted octanol–water partition coefficient (Wildman–Crippen LogP) is 5.62. The Balaban J connectivity index is 1.73. The van der Waals surface area contributed by atoms with Gasteiger partial charge in [0, 0.05) is 20.9 Å². The molecule has 1 aliphatic carbocycles. The zero-order chi connectivity index (χ0) is 14.2. The largest absolute Gasteiger partial charge is 0.375 e. The van der Waals surface area contributed by atoms with Crippen molar-refractivity contribution >= 4 is 43.9 Å². The normalized spacial score (nSPS) is 16.0. The minimum Gasteiger partial charge on any atom is -0.375 e. The van der Waals surface area contributed by atoms with Gasteiger partial charge in [-0.15, -0.1) is 11.3 Å². The molecule has 1 saturated carbocycles. The molecule has 1 atom stereocenters. The summed E-state index contributed by atoms with van der Waals surface area (Å²) in [6, 6.07) is 13.2. The second-order valence-electron chi connectivity index (χ2n) is 5.51. The highest BCUT2D eigenvalue weighted by Gasteiger charge is 2.33. The smallest absolute Gasteiger partial charge is 0.0934 e. The number of para-hydroxylation sites is 1. The molecule has 21 heavy (non-hydrogen) atoms. The number of nitrogens with zero attached hydrogens (tertiary/aromatic N) is 1. The van der Waals surface area contributed by atoms with Crippen LogP contribution >= 0.6 is 27.3 Å². The van der Waals surface area contributed by atoms with Gasteiger partial charge in [-0.05, 0) is 58.3 Å². The fraction of sp³-hybridized carbons (Fsp3) is 0.235. The van der Waals surface area contributed by atoms with Crippen LogP contribution in [0.5, 0.6) is 0 Å². The van der Waals surface area contributed by atoms with Gasteiger partial charge in [0.05, 0.1) is 17.2 Å². The summed E-state index contributed by atoms with van der Waals surface area (Å²) < 4.78 is 1.02. The Morgan fingerprint density at radius 3 is 2.90 bits per heavy atom. The Kier molecular flexibility index (Phi) is 3.43. The zero-order valence-corrected chi connectivity index (χ0v) is 13.8. The van der Waals surface area contributed by atoms with E-state index in [-0.39, 0.29) is 0 Å². The third kappa shape index (κ3) is 2.70. The molecule has 0 aliphatic heterocycles. The van der Waals surface area contributed by atoms with E-state index in [0.717, 1.165) is 27.0 Å². The van der Waals surface area contributed by atoms with Crippen LogP contribution in [0.3, 0.4) is 0 Å². The maximum absolute atomic E-state index is 4.59. The Morgan fingerprint density at radius 2 is 2.14 bits per heavy atom.